The molecule has 0 aliphatic rings. The first kappa shape index (κ1) is 24.0. The number of unbranched alkanes of at least 4 members (excludes halogenated alkanes) is 1. The van der Waals surface area contributed by atoms with Gasteiger partial charge < -0.3 is 5.73 Å². The number of carbonyl (C=O) groups is 1. The highest BCUT2D eigenvalue weighted by Gasteiger charge is 2.28. The van der Waals surface area contributed by atoms with E-state index in [2.05, 4.69) is 10.1 Å². The topological polar surface area (TPSA) is 136 Å². The van der Waals surface area contributed by atoms with Crippen LogP contribution in [0.5, 0.6) is 0 Å². The number of hydrogen-bond acceptors (Lipinski definition) is 6. The van der Waals surface area contributed by atoms with Crippen molar-refractivity contribution in [1.82, 2.24) is 19.3 Å². The number of aryl methyl sites for hydroxylation is 1. The van der Waals surface area contributed by atoms with Gasteiger partial charge in [0.05, 0.1) is 5.39 Å². The number of nitrogens with zero attached hydrogens (tertiary/aromatic N) is 4. The molecule has 0 atom stereocenters. The first-order valence-corrected chi connectivity index (χ1v) is 11.2. The van der Waals surface area contributed by atoms with Gasteiger partial charge in [-0.2, -0.15) is 5.10 Å². The van der Waals surface area contributed by atoms with Crippen molar-refractivity contribution < 1.29 is 4.79 Å². The van der Waals surface area contributed by atoms with E-state index in [-0.39, 0.29) is 48.3 Å². The van der Waals surface area contributed by atoms with E-state index in [0.717, 1.165) is 6.42 Å². The summed E-state index contributed by atoms with van der Waals surface area (Å²) in [6, 6.07) is 6.74. The van der Waals surface area contributed by atoms with E-state index in [0.29, 0.717) is 17.2 Å². The molecule has 0 bridgehead atoms. The van der Waals surface area contributed by atoms with Crippen molar-refractivity contribution in [1.29, 1.82) is 0 Å². The molecule has 2 aromatic heterocycles. The van der Waals surface area contributed by atoms with Gasteiger partial charge in [0.25, 0.3) is 17.0 Å². The average Bonchev–Trinajstić information content (AvgIpc) is 2.78. The van der Waals surface area contributed by atoms with Crippen molar-refractivity contribution in [2.24, 2.45) is 5.92 Å². The Morgan fingerprint density at radius 2 is 1.82 bits per heavy atom. The van der Waals surface area contributed by atoms with Gasteiger partial charge in [0, 0.05) is 25.0 Å². The number of aromatic amines is 1. The minimum Gasteiger partial charge on any atom is -0.383 e. The number of H-pyrrole nitrogens is 1. The zero-order valence-electron chi connectivity index (χ0n) is 19.4. The first-order chi connectivity index (χ1) is 15.7. The smallest absolute Gasteiger partial charge is 0.330 e. The Bertz CT molecular complexity index is 1350. The molecule has 1 aromatic carbocycles. The van der Waals surface area contributed by atoms with Crippen LogP contribution in [0.15, 0.2) is 38.6 Å². The molecule has 0 aliphatic heterocycles. The molecule has 176 valence electrons. The molecule has 3 aromatic rings. The quantitative estimate of drug-likeness (QED) is 0.534. The zero-order chi connectivity index (χ0) is 24.3. The molecule has 10 nitrogen and oxygen atoms in total. The third-order valence-electron chi connectivity index (χ3n) is 5.38. The number of nitrogens with one attached hydrogen (secondary N) is 1. The lowest BCUT2D eigenvalue weighted by Gasteiger charge is -2.25. The van der Waals surface area contributed by atoms with E-state index < -0.39 is 17.2 Å². The molecular weight excluding hydrogens is 424 g/mol. The molecule has 3 rings (SSSR count). The average molecular weight is 455 g/mol. The highest BCUT2D eigenvalue weighted by Crippen LogP contribution is 2.23. The second-order valence-corrected chi connectivity index (χ2v) is 8.32. The van der Waals surface area contributed by atoms with E-state index in [1.54, 1.807) is 31.2 Å². The molecule has 0 aliphatic carbocycles. The van der Waals surface area contributed by atoms with Crippen molar-refractivity contribution in [2.75, 3.05) is 17.2 Å². The van der Waals surface area contributed by atoms with E-state index in [4.69, 9.17) is 5.73 Å². The molecule has 0 fully saturated rings. The Balaban J connectivity index is 2.27. The normalized spacial score (nSPS) is 11.3. The van der Waals surface area contributed by atoms with Crippen LogP contribution in [0.3, 0.4) is 0 Å². The number of rotatable bonds is 8. The number of anilines is 2. The number of benzene rings is 1. The number of hydrogen-bond donors (Lipinski definition) is 2. The Kier molecular flexibility index (Phi) is 7.15. The van der Waals surface area contributed by atoms with Gasteiger partial charge >= 0.3 is 5.69 Å². The molecule has 0 spiro atoms. The SMILES string of the molecule is CCCCN(C(=O)c1nn(CC)c(=O)c2ccccc12)c1c(N)n(CC(C)C)c(=O)[nH]c1=O. The first-order valence-electron chi connectivity index (χ1n) is 11.2. The summed E-state index contributed by atoms with van der Waals surface area (Å²) in [5.74, 6) is -0.550. The van der Waals surface area contributed by atoms with Gasteiger partial charge in [-0.15, -0.1) is 0 Å². The van der Waals surface area contributed by atoms with E-state index in [1.165, 1.54) is 14.1 Å². The lowest BCUT2D eigenvalue weighted by Crippen LogP contribution is -2.42. The minimum atomic E-state index is -0.741. The highest BCUT2D eigenvalue weighted by molar-refractivity contribution is 6.13. The van der Waals surface area contributed by atoms with Crippen LogP contribution in [-0.2, 0) is 13.1 Å². The second-order valence-electron chi connectivity index (χ2n) is 8.32. The van der Waals surface area contributed by atoms with Crippen LogP contribution in [0.4, 0.5) is 11.5 Å². The van der Waals surface area contributed by atoms with Crippen molar-refractivity contribution in [3.05, 3.63) is 61.2 Å². The Morgan fingerprint density at radius 1 is 1.15 bits per heavy atom. The van der Waals surface area contributed by atoms with Gasteiger partial charge in [-0.1, -0.05) is 45.4 Å². The van der Waals surface area contributed by atoms with Crippen LogP contribution in [0.25, 0.3) is 10.8 Å². The number of nitrogen functional groups attached to an aromatic ring is 1. The summed E-state index contributed by atoms with van der Waals surface area (Å²) in [7, 11) is 0. The zero-order valence-corrected chi connectivity index (χ0v) is 19.4. The lowest BCUT2D eigenvalue weighted by molar-refractivity contribution is 0.0981. The fourth-order valence-electron chi connectivity index (χ4n) is 3.75. The number of carbonyl (C=O) groups excluding carboxylic acids is 1. The summed E-state index contributed by atoms with van der Waals surface area (Å²) < 4.78 is 2.49. The summed E-state index contributed by atoms with van der Waals surface area (Å²) in [5.41, 5.74) is 4.58. The van der Waals surface area contributed by atoms with Gasteiger partial charge in [-0.05, 0) is 25.3 Å². The molecule has 10 heteroatoms. The number of nitrogens with two attached hydrogens (primary N) is 1. The van der Waals surface area contributed by atoms with Crippen molar-refractivity contribution >= 4 is 28.2 Å². The van der Waals surface area contributed by atoms with Crippen LogP contribution >= 0.6 is 0 Å². The molecule has 0 saturated heterocycles. The summed E-state index contributed by atoms with van der Waals surface area (Å²) in [4.78, 5) is 55.3. The maximum atomic E-state index is 13.8. The third kappa shape index (κ3) is 4.59. The molecule has 33 heavy (non-hydrogen) atoms. The molecule has 0 saturated carbocycles. The monoisotopic (exact) mass is 454 g/mol. The minimum absolute atomic E-state index is 0.0450. The second kappa shape index (κ2) is 9.85. The highest BCUT2D eigenvalue weighted by atomic mass is 16.2. The molecule has 0 unspecified atom stereocenters. The van der Waals surface area contributed by atoms with Gasteiger partial charge in [0.1, 0.15) is 5.82 Å². The van der Waals surface area contributed by atoms with E-state index in [1.807, 2.05) is 20.8 Å². The Hall–Kier alpha value is -3.69. The van der Waals surface area contributed by atoms with Gasteiger partial charge in [0.15, 0.2) is 11.4 Å². The molecular formula is C23H30N6O4. The van der Waals surface area contributed by atoms with Crippen molar-refractivity contribution in [2.45, 2.75) is 53.6 Å². The van der Waals surface area contributed by atoms with E-state index in [9.17, 15) is 19.2 Å². The van der Waals surface area contributed by atoms with Crippen LogP contribution in [0.1, 0.15) is 51.0 Å². The van der Waals surface area contributed by atoms with E-state index >= 15 is 0 Å². The van der Waals surface area contributed by atoms with Crippen LogP contribution in [0.2, 0.25) is 0 Å². The number of fused-ring (bicyclic) bond motifs is 1. The maximum Gasteiger partial charge on any atom is 0.330 e. The predicted molar refractivity (Wildman–Crippen MR) is 129 cm³/mol. The fourth-order valence-corrected chi connectivity index (χ4v) is 3.75. The summed E-state index contributed by atoms with van der Waals surface area (Å²) >= 11 is 0. The van der Waals surface area contributed by atoms with Gasteiger partial charge in [0.2, 0.25) is 0 Å². The number of aromatic nitrogens is 4. The summed E-state index contributed by atoms with van der Waals surface area (Å²) in [5, 5.41) is 5.07. The van der Waals surface area contributed by atoms with Crippen LogP contribution in [0, 0.1) is 5.92 Å². The summed E-state index contributed by atoms with van der Waals surface area (Å²) in [6.07, 6.45) is 1.36. The lowest BCUT2D eigenvalue weighted by atomic mass is 10.1. The Labute approximate surface area is 190 Å². The number of amides is 1. The molecule has 0 radical (unpaired) electrons. The standard InChI is InChI=1S/C23H30N6O4/c1-5-7-12-27(18-19(24)28(13-14(3)4)23(33)25-20(18)30)22(32)17-15-10-8-9-11-16(15)21(31)29(6-2)26-17/h8-11,14H,5-7,12-13,24H2,1-4H3,(H,25,30,33). The van der Waals surface area contributed by atoms with Crippen molar-refractivity contribution in [3.63, 3.8) is 0 Å². The largest absolute Gasteiger partial charge is 0.383 e. The predicted octanol–water partition coefficient (Wildman–Crippen LogP) is 1.95. The molecule has 2 heterocycles. The maximum absolute atomic E-state index is 13.8. The van der Waals surface area contributed by atoms with Gasteiger partial charge in [-0.25, -0.2) is 9.48 Å². The van der Waals surface area contributed by atoms with Crippen molar-refractivity contribution in [3.8, 4) is 0 Å². The van der Waals surface area contributed by atoms with Gasteiger partial charge in [-0.3, -0.25) is 28.8 Å². The molecule has 1 amide bonds. The molecule has 3 N–H and O–H groups in total. The fraction of sp³-hybridized carbons (Fsp3) is 0.435. The van der Waals surface area contributed by atoms with Crippen LogP contribution in [-0.4, -0.2) is 31.8 Å². The Morgan fingerprint density at radius 3 is 2.42 bits per heavy atom. The third-order valence-corrected chi connectivity index (χ3v) is 5.38. The summed E-state index contributed by atoms with van der Waals surface area (Å²) in [6.45, 7) is 8.32. The van der Waals surface area contributed by atoms with Crippen LogP contribution < -0.4 is 27.4 Å².